The predicted octanol–water partition coefficient (Wildman–Crippen LogP) is 1.96. The zero-order valence-corrected chi connectivity index (χ0v) is 17.7. The Kier molecular flexibility index (Phi) is 5.40. The molecule has 0 spiro atoms. The summed E-state index contributed by atoms with van der Waals surface area (Å²) in [5, 5.41) is 11.3. The van der Waals surface area contributed by atoms with E-state index < -0.39 is 28.9 Å². The van der Waals surface area contributed by atoms with Crippen molar-refractivity contribution in [1.29, 1.82) is 0 Å². The molecular formula is C23H21N3O6. The maximum Gasteiger partial charge on any atom is 0.306 e. The normalized spacial score (nSPS) is 12.1. The number of hydrogen-bond donors (Lipinski definition) is 1. The molecule has 32 heavy (non-hydrogen) atoms. The Morgan fingerprint density at radius 3 is 2.62 bits per heavy atom. The number of esters is 1. The van der Waals surface area contributed by atoms with E-state index >= 15 is 0 Å². The average molecular weight is 435 g/mol. The lowest BCUT2D eigenvalue weighted by molar-refractivity contribution is -0.140. The van der Waals surface area contributed by atoms with E-state index in [0.717, 1.165) is 0 Å². The molecule has 1 N–H and O–H groups in total. The average Bonchev–Trinajstić information content (AvgIpc) is 2.80. The van der Waals surface area contributed by atoms with Gasteiger partial charge in [-0.2, -0.15) is 4.98 Å². The van der Waals surface area contributed by atoms with Crippen LogP contribution in [0.1, 0.15) is 23.5 Å². The maximum absolute atomic E-state index is 13.3. The fourth-order valence-electron chi connectivity index (χ4n) is 3.86. The zero-order chi connectivity index (χ0) is 23.0. The van der Waals surface area contributed by atoms with Crippen LogP contribution in [0.15, 0.2) is 58.3 Å². The molecule has 0 aliphatic rings. The molecule has 9 heteroatoms. The van der Waals surface area contributed by atoms with Crippen molar-refractivity contribution in [2.24, 2.45) is 7.05 Å². The fourth-order valence-corrected chi connectivity index (χ4v) is 3.86. The topological polar surface area (TPSA) is 112 Å². The van der Waals surface area contributed by atoms with Gasteiger partial charge in [0.05, 0.1) is 31.7 Å². The third kappa shape index (κ3) is 3.47. The van der Waals surface area contributed by atoms with E-state index in [1.807, 2.05) is 0 Å². The number of rotatable bonds is 5. The number of aryl methyl sites for hydroxylation is 1. The number of aromatic hydroxyl groups is 1. The highest BCUT2D eigenvalue weighted by Gasteiger charge is 2.29. The monoisotopic (exact) mass is 435 g/mol. The van der Waals surface area contributed by atoms with Crippen molar-refractivity contribution in [3.63, 3.8) is 0 Å². The minimum Gasteiger partial charge on any atom is -0.497 e. The summed E-state index contributed by atoms with van der Waals surface area (Å²) in [6.45, 7) is 0. The van der Waals surface area contributed by atoms with Crippen molar-refractivity contribution in [2.75, 3.05) is 14.2 Å². The van der Waals surface area contributed by atoms with Crippen molar-refractivity contribution in [3.8, 4) is 11.6 Å². The minimum atomic E-state index is -1.07. The maximum atomic E-state index is 13.3. The standard InChI is InChI=1S/C23H21N3O6/c1-25-17-11-14(31-2)8-7-13(17)10-16(22(25)29)15(12-19(27)32-3)20-21(28)24-18-6-4-5-9-26(18)23(20)30/h4-11,15,28H,12H2,1-3H3/t15-/m0/s1. The SMILES string of the molecule is COC(=O)C[C@@H](c1cc2ccc(OC)cc2n(C)c1=O)c1c(O)nc2ccccn2c1=O. The second-order valence-corrected chi connectivity index (χ2v) is 7.30. The number of benzene rings is 1. The number of fused-ring (bicyclic) bond motifs is 2. The molecule has 0 aliphatic heterocycles. The number of carbonyl (C=O) groups is 1. The first kappa shape index (κ1) is 21.1. The van der Waals surface area contributed by atoms with Crippen LogP contribution in [0.3, 0.4) is 0 Å². The summed E-state index contributed by atoms with van der Waals surface area (Å²) in [7, 11) is 4.34. The van der Waals surface area contributed by atoms with Crippen molar-refractivity contribution >= 4 is 22.5 Å². The van der Waals surface area contributed by atoms with E-state index in [0.29, 0.717) is 16.7 Å². The molecule has 0 bridgehead atoms. The Bertz CT molecular complexity index is 1470. The Morgan fingerprint density at radius 1 is 1.12 bits per heavy atom. The summed E-state index contributed by atoms with van der Waals surface area (Å²) in [6, 6.07) is 11.8. The third-order valence-corrected chi connectivity index (χ3v) is 5.53. The molecule has 3 heterocycles. The molecule has 0 unspecified atom stereocenters. The predicted molar refractivity (Wildman–Crippen MR) is 117 cm³/mol. The lowest BCUT2D eigenvalue weighted by atomic mass is 9.89. The van der Waals surface area contributed by atoms with E-state index in [1.54, 1.807) is 49.5 Å². The first-order valence-electron chi connectivity index (χ1n) is 9.80. The number of carbonyl (C=O) groups excluding carboxylic acids is 1. The molecule has 0 aliphatic carbocycles. The van der Waals surface area contributed by atoms with Gasteiger partial charge in [-0.15, -0.1) is 0 Å². The van der Waals surface area contributed by atoms with Gasteiger partial charge in [0.15, 0.2) is 0 Å². The summed E-state index contributed by atoms with van der Waals surface area (Å²) in [4.78, 5) is 42.9. The first-order chi connectivity index (χ1) is 15.3. The number of hydrogen-bond acceptors (Lipinski definition) is 7. The van der Waals surface area contributed by atoms with Crippen LogP contribution in [0.25, 0.3) is 16.6 Å². The molecular weight excluding hydrogens is 414 g/mol. The second-order valence-electron chi connectivity index (χ2n) is 7.30. The number of methoxy groups -OCH3 is 2. The van der Waals surface area contributed by atoms with Crippen molar-refractivity contribution in [3.05, 3.63) is 80.5 Å². The van der Waals surface area contributed by atoms with Gasteiger partial charge in [-0.25, -0.2) is 0 Å². The quantitative estimate of drug-likeness (QED) is 0.477. The Labute approximate surface area is 182 Å². The minimum absolute atomic E-state index is 0.149. The van der Waals surface area contributed by atoms with Crippen LogP contribution in [-0.2, 0) is 16.6 Å². The van der Waals surface area contributed by atoms with Crippen LogP contribution in [0.4, 0.5) is 0 Å². The summed E-state index contributed by atoms with van der Waals surface area (Å²) >= 11 is 0. The van der Waals surface area contributed by atoms with Gasteiger partial charge in [0, 0.05) is 30.8 Å². The molecule has 0 saturated carbocycles. The molecule has 3 aromatic heterocycles. The van der Waals surface area contributed by atoms with Gasteiger partial charge in [0.1, 0.15) is 11.4 Å². The molecule has 1 aromatic carbocycles. The Balaban J connectivity index is 2.02. The van der Waals surface area contributed by atoms with E-state index in [2.05, 4.69) is 4.98 Å². The molecule has 0 saturated heterocycles. The van der Waals surface area contributed by atoms with Crippen molar-refractivity contribution < 1.29 is 19.4 Å². The molecule has 4 rings (SSSR count). The Morgan fingerprint density at radius 2 is 1.91 bits per heavy atom. The van der Waals surface area contributed by atoms with Gasteiger partial charge in [-0.3, -0.25) is 18.8 Å². The molecule has 0 fully saturated rings. The smallest absolute Gasteiger partial charge is 0.306 e. The van der Waals surface area contributed by atoms with Crippen LogP contribution >= 0.6 is 0 Å². The highest BCUT2D eigenvalue weighted by atomic mass is 16.5. The van der Waals surface area contributed by atoms with Crippen LogP contribution < -0.4 is 15.9 Å². The Hall–Kier alpha value is -4.14. The summed E-state index contributed by atoms with van der Waals surface area (Å²) in [6.07, 6.45) is 1.18. The largest absolute Gasteiger partial charge is 0.497 e. The summed E-state index contributed by atoms with van der Waals surface area (Å²) < 4.78 is 12.7. The molecule has 9 nitrogen and oxygen atoms in total. The number of nitrogens with zero attached hydrogens (tertiary/aromatic N) is 3. The first-order valence-corrected chi connectivity index (χ1v) is 9.80. The molecule has 164 valence electrons. The van der Waals surface area contributed by atoms with Gasteiger partial charge in [0.25, 0.3) is 11.1 Å². The van der Waals surface area contributed by atoms with Crippen LogP contribution in [0.5, 0.6) is 11.6 Å². The van der Waals surface area contributed by atoms with Gasteiger partial charge in [-0.1, -0.05) is 6.07 Å². The highest BCUT2D eigenvalue weighted by molar-refractivity contribution is 5.82. The van der Waals surface area contributed by atoms with Crippen molar-refractivity contribution in [2.45, 2.75) is 12.3 Å². The number of pyridine rings is 2. The van der Waals surface area contributed by atoms with Crippen LogP contribution in [-0.4, -0.2) is 39.2 Å². The molecule has 4 aromatic rings. The molecule has 1 atom stereocenters. The van der Waals surface area contributed by atoms with Crippen LogP contribution in [0, 0.1) is 0 Å². The van der Waals surface area contributed by atoms with Gasteiger partial charge in [-0.05, 0) is 35.7 Å². The zero-order valence-electron chi connectivity index (χ0n) is 17.7. The van der Waals surface area contributed by atoms with Crippen LogP contribution in [0.2, 0.25) is 0 Å². The lowest BCUT2D eigenvalue weighted by Gasteiger charge is -2.19. The number of ether oxygens (including phenoxy) is 2. The highest BCUT2D eigenvalue weighted by Crippen LogP contribution is 2.31. The van der Waals surface area contributed by atoms with Gasteiger partial charge < -0.3 is 19.1 Å². The molecule has 0 amide bonds. The van der Waals surface area contributed by atoms with E-state index in [4.69, 9.17) is 9.47 Å². The fraction of sp³-hybridized carbons (Fsp3) is 0.217. The van der Waals surface area contributed by atoms with E-state index in [-0.39, 0.29) is 23.2 Å². The van der Waals surface area contributed by atoms with E-state index in [1.165, 1.54) is 29.4 Å². The molecule has 0 radical (unpaired) electrons. The summed E-state index contributed by atoms with van der Waals surface area (Å²) in [5.41, 5.74) is -0.109. The van der Waals surface area contributed by atoms with Gasteiger partial charge in [0.2, 0.25) is 5.88 Å². The lowest BCUT2D eigenvalue weighted by Crippen LogP contribution is -2.30. The summed E-state index contributed by atoms with van der Waals surface area (Å²) in [5.74, 6) is -1.65. The number of aromatic nitrogens is 3. The third-order valence-electron chi connectivity index (χ3n) is 5.53. The second kappa shape index (κ2) is 8.18. The van der Waals surface area contributed by atoms with Gasteiger partial charge >= 0.3 is 5.97 Å². The van der Waals surface area contributed by atoms with Crippen molar-refractivity contribution in [1.82, 2.24) is 14.0 Å². The van der Waals surface area contributed by atoms with E-state index in [9.17, 15) is 19.5 Å².